The second kappa shape index (κ2) is 6.27. The zero-order chi connectivity index (χ0) is 17.3. The van der Waals surface area contributed by atoms with Crippen LogP contribution in [0.2, 0.25) is 0 Å². The lowest BCUT2D eigenvalue weighted by Crippen LogP contribution is -2.34. The van der Waals surface area contributed by atoms with E-state index >= 15 is 0 Å². The van der Waals surface area contributed by atoms with E-state index in [4.69, 9.17) is 4.42 Å². The molecule has 1 aromatic carbocycles. The number of oxazole rings is 1. The highest BCUT2D eigenvalue weighted by Crippen LogP contribution is 2.32. The van der Waals surface area contributed by atoms with Gasteiger partial charge in [-0.15, -0.1) is 0 Å². The molecule has 128 valence electrons. The van der Waals surface area contributed by atoms with Crippen molar-refractivity contribution < 1.29 is 22.7 Å². The summed E-state index contributed by atoms with van der Waals surface area (Å²) in [4.78, 5) is 17.4. The van der Waals surface area contributed by atoms with Gasteiger partial charge < -0.3 is 14.4 Å². The van der Waals surface area contributed by atoms with Crippen molar-refractivity contribution in [2.24, 2.45) is 0 Å². The van der Waals surface area contributed by atoms with Gasteiger partial charge in [-0.3, -0.25) is 0 Å². The molecular weight excluding hydrogens is 332 g/mol. The summed E-state index contributed by atoms with van der Waals surface area (Å²) in [5.74, 6) is -0.740. The van der Waals surface area contributed by atoms with Crippen molar-refractivity contribution in [3.63, 3.8) is 0 Å². The lowest BCUT2D eigenvalue weighted by atomic mass is 9.94. The number of anilines is 1. The summed E-state index contributed by atoms with van der Waals surface area (Å²) < 4.78 is 28.4. The molecule has 1 aliphatic rings. The van der Waals surface area contributed by atoms with Gasteiger partial charge in [-0.1, -0.05) is 0 Å². The highest BCUT2D eigenvalue weighted by Gasteiger charge is 2.29. The maximum absolute atomic E-state index is 11.5. The Kier molecular flexibility index (Phi) is 4.31. The molecule has 3 rings (SSSR count). The van der Waals surface area contributed by atoms with E-state index in [1.54, 1.807) is 24.3 Å². The highest BCUT2D eigenvalue weighted by molar-refractivity contribution is 7.90. The highest BCUT2D eigenvalue weighted by atomic mass is 32.2. The number of hydrogen-bond acceptors (Lipinski definition) is 6. The lowest BCUT2D eigenvalue weighted by Gasteiger charge is -2.33. The van der Waals surface area contributed by atoms with Gasteiger partial charge >= 0.3 is 5.97 Å². The van der Waals surface area contributed by atoms with Gasteiger partial charge in [-0.05, 0) is 37.1 Å². The standard InChI is InChI=1S/C16H18N2O5S/c1-24(21,22)13-6-4-12(5-7-13)18-8-2-3-11(9-18)15-14(16(19)20)17-10-23-15/h4-7,10-11H,2-3,8-9H2,1H3,(H,19,20). The number of rotatable bonds is 4. The van der Waals surface area contributed by atoms with Crippen molar-refractivity contribution in [1.82, 2.24) is 4.98 Å². The number of piperidine rings is 1. The predicted molar refractivity (Wildman–Crippen MR) is 87.2 cm³/mol. The van der Waals surface area contributed by atoms with Crippen LogP contribution in [0.5, 0.6) is 0 Å². The summed E-state index contributed by atoms with van der Waals surface area (Å²) in [7, 11) is -3.22. The zero-order valence-electron chi connectivity index (χ0n) is 13.2. The number of aromatic nitrogens is 1. The predicted octanol–water partition coefficient (Wildman–Crippen LogP) is 2.16. The Bertz CT molecular complexity index is 842. The summed E-state index contributed by atoms with van der Waals surface area (Å²) >= 11 is 0. The first-order valence-corrected chi connectivity index (χ1v) is 9.47. The molecule has 24 heavy (non-hydrogen) atoms. The number of sulfone groups is 1. The first-order valence-electron chi connectivity index (χ1n) is 7.58. The van der Waals surface area contributed by atoms with Gasteiger partial charge in [0.05, 0.1) is 4.90 Å². The molecule has 0 aliphatic carbocycles. The summed E-state index contributed by atoms with van der Waals surface area (Å²) in [5, 5.41) is 9.18. The third-order valence-corrected chi connectivity index (χ3v) is 5.35. The Morgan fingerprint density at radius 2 is 2.04 bits per heavy atom. The summed E-state index contributed by atoms with van der Waals surface area (Å²) in [6.07, 6.45) is 4.06. The Morgan fingerprint density at radius 1 is 1.33 bits per heavy atom. The number of hydrogen-bond donors (Lipinski definition) is 1. The Balaban J connectivity index is 1.81. The molecule has 0 radical (unpaired) electrons. The smallest absolute Gasteiger partial charge is 0.358 e. The minimum atomic E-state index is -3.22. The van der Waals surface area contributed by atoms with Crippen molar-refractivity contribution in [1.29, 1.82) is 0 Å². The van der Waals surface area contributed by atoms with Crippen molar-refractivity contribution in [3.05, 3.63) is 42.1 Å². The molecule has 0 bridgehead atoms. The molecule has 0 spiro atoms. The van der Waals surface area contributed by atoms with E-state index in [1.165, 1.54) is 12.6 Å². The Morgan fingerprint density at radius 3 is 2.67 bits per heavy atom. The molecule has 1 aliphatic heterocycles. The third kappa shape index (κ3) is 3.28. The molecule has 1 saturated heterocycles. The van der Waals surface area contributed by atoms with Crippen LogP contribution in [-0.2, 0) is 9.84 Å². The van der Waals surface area contributed by atoms with Crippen molar-refractivity contribution in [3.8, 4) is 0 Å². The summed E-state index contributed by atoms with van der Waals surface area (Å²) in [5.41, 5.74) is 0.873. The minimum Gasteiger partial charge on any atom is -0.476 e. The van der Waals surface area contributed by atoms with Crippen LogP contribution >= 0.6 is 0 Å². The fourth-order valence-electron chi connectivity index (χ4n) is 3.04. The summed E-state index contributed by atoms with van der Waals surface area (Å²) in [6.45, 7) is 1.43. The van der Waals surface area contributed by atoms with E-state index in [-0.39, 0.29) is 16.5 Å². The van der Waals surface area contributed by atoms with Gasteiger partial charge in [-0.2, -0.15) is 0 Å². The minimum absolute atomic E-state index is 0.0331. The van der Waals surface area contributed by atoms with Crippen molar-refractivity contribution in [2.75, 3.05) is 24.2 Å². The van der Waals surface area contributed by atoms with Gasteiger partial charge in [0.25, 0.3) is 0 Å². The number of carboxylic acids is 1. The molecule has 1 fully saturated rings. The molecule has 2 heterocycles. The number of nitrogens with zero attached hydrogens (tertiary/aromatic N) is 2. The number of aromatic carboxylic acids is 1. The molecule has 8 heteroatoms. The van der Waals surface area contributed by atoms with E-state index in [1.807, 2.05) is 0 Å². The van der Waals surface area contributed by atoms with Crippen molar-refractivity contribution >= 4 is 21.5 Å². The van der Waals surface area contributed by atoms with E-state index in [0.29, 0.717) is 12.3 Å². The van der Waals surface area contributed by atoms with Crippen LogP contribution in [-0.4, -0.2) is 43.8 Å². The number of benzene rings is 1. The van der Waals surface area contributed by atoms with Crippen LogP contribution in [0, 0.1) is 0 Å². The third-order valence-electron chi connectivity index (χ3n) is 4.22. The van der Waals surface area contributed by atoms with Gasteiger partial charge in [0.1, 0.15) is 5.76 Å². The van der Waals surface area contributed by atoms with Crippen LogP contribution in [0.1, 0.15) is 35.0 Å². The van der Waals surface area contributed by atoms with Crippen LogP contribution in [0.4, 0.5) is 5.69 Å². The van der Waals surface area contributed by atoms with E-state index in [0.717, 1.165) is 25.1 Å². The van der Waals surface area contributed by atoms with Crippen LogP contribution in [0.25, 0.3) is 0 Å². The molecule has 2 aromatic rings. The van der Waals surface area contributed by atoms with Gasteiger partial charge in [0.2, 0.25) is 0 Å². The second-order valence-corrected chi connectivity index (χ2v) is 7.94. The lowest BCUT2D eigenvalue weighted by molar-refractivity contribution is 0.0687. The molecule has 1 atom stereocenters. The average molecular weight is 350 g/mol. The fraction of sp³-hybridized carbons (Fsp3) is 0.375. The van der Waals surface area contributed by atoms with E-state index < -0.39 is 15.8 Å². The monoisotopic (exact) mass is 350 g/mol. The average Bonchev–Trinajstić information content (AvgIpc) is 3.04. The topological polar surface area (TPSA) is 101 Å². The SMILES string of the molecule is CS(=O)(=O)c1ccc(N2CCCC(c3ocnc3C(=O)O)C2)cc1. The fourth-order valence-corrected chi connectivity index (χ4v) is 3.67. The maximum atomic E-state index is 11.5. The maximum Gasteiger partial charge on any atom is 0.358 e. The quantitative estimate of drug-likeness (QED) is 0.901. The Labute approximate surface area is 139 Å². The van der Waals surface area contributed by atoms with E-state index in [9.17, 15) is 18.3 Å². The normalized spacial score (nSPS) is 18.5. The van der Waals surface area contributed by atoms with Crippen LogP contribution in [0.15, 0.2) is 40.0 Å². The van der Waals surface area contributed by atoms with Crippen LogP contribution in [0.3, 0.4) is 0 Å². The Hall–Kier alpha value is -2.35. The second-order valence-electron chi connectivity index (χ2n) is 5.92. The first kappa shape index (κ1) is 16.5. The molecule has 1 aromatic heterocycles. The summed E-state index contributed by atoms with van der Waals surface area (Å²) in [6, 6.07) is 6.73. The van der Waals surface area contributed by atoms with Gasteiger partial charge in [0.15, 0.2) is 21.9 Å². The molecule has 0 amide bonds. The van der Waals surface area contributed by atoms with Crippen LogP contribution < -0.4 is 4.90 Å². The number of carbonyl (C=O) groups is 1. The van der Waals surface area contributed by atoms with Gasteiger partial charge in [-0.25, -0.2) is 18.2 Å². The largest absolute Gasteiger partial charge is 0.476 e. The number of carboxylic acid groups (broad SMARTS) is 1. The first-order chi connectivity index (χ1) is 11.4. The molecule has 1 unspecified atom stereocenters. The molecule has 7 nitrogen and oxygen atoms in total. The van der Waals surface area contributed by atoms with Gasteiger partial charge in [0, 0.05) is 31.0 Å². The van der Waals surface area contributed by atoms with Crippen molar-refractivity contribution in [2.45, 2.75) is 23.7 Å². The zero-order valence-corrected chi connectivity index (χ0v) is 14.0. The molecule has 1 N–H and O–H groups in total. The molecule has 0 saturated carbocycles. The molecular formula is C16H18N2O5S. The van der Waals surface area contributed by atoms with E-state index in [2.05, 4.69) is 9.88 Å².